The monoisotopic (exact) mass is 216 g/mol. The van der Waals surface area contributed by atoms with E-state index in [0.29, 0.717) is 0 Å². The summed E-state index contributed by atoms with van der Waals surface area (Å²) < 4.78 is 5.48. The molecule has 16 heavy (non-hydrogen) atoms. The van der Waals surface area contributed by atoms with Crippen molar-refractivity contribution in [2.75, 3.05) is 0 Å². The van der Waals surface area contributed by atoms with E-state index in [2.05, 4.69) is 12.1 Å². The van der Waals surface area contributed by atoms with Crippen LogP contribution in [0.4, 0.5) is 0 Å². The van der Waals surface area contributed by atoms with Gasteiger partial charge >= 0.3 is 0 Å². The summed E-state index contributed by atoms with van der Waals surface area (Å²) in [5.74, 6) is 0.151. The Morgan fingerprint density at radius 2 is 2.00 bits per heavy atom. The lowest BCUT2D eigenvalue weighted by Gasteiger charge is -2.24. The van der Waals surface area contributed by atoms with E-state index >= 15 is 0 Å². The molecular formula is C14H16O2. The van der Waals surface area contributed by atoms with Gasteiger partial charge in [0.15, 0.2) is 5.78 Å². The third-order valence-corrected chi connectivity index (χ3v) is 3.05. The second-order valence-corrected chi connectivity index (χ2v) is 4.19. The number of allylic oxidation sites excluding steroid dienone is 1. The third-order valence-electron chi connectivity index (χ3n) is 3.05. The number of aryl methyl sites for hydroxylation is 1. The van der Waals surface area contributed by atoms with E-state index in [-0.39, 0.29) is 17.8 Å². The summed E-state index contributed by atoms with van der Waals surface area (Å²) in [6.07, 6.45) is 4.91. The molecule has 1 aliphatic heterocycles. The minimum atomic E-state index is -0.0197. The maximum Gasteiger partial charge on any atom is 0.165 e. The highest BCUT2D eigenvalue weighted by atomic mass is 16.5. The number of rotatable bonds is 3. The molecule has 0 fully saturated rings. The molecule has 0 saturated heterocycles. The molecule has 1 heterocycles. The van der Waals surface area contributed by atoms with Gasteiger partial charge in [-0.15, -0.1) is 0 Å². The first-order chi connectivity index (χ1) is 7.77. The molecule has 0 spiro atoms. The van der Waals surface area contributed by atoms with E-state index in [0.717, 1.165) is 12.8 Å². The molecule has 0 N–H and O–H groups in total. The predicted molar refractivity (Wildman–Crippen MR) is 62.9 cm³/mol. The summed E-state index contributed by atoms with van der Waals surface area (Å²) in [5.41, 5.74) is 1.29. The number of hydrogen-bond acceptors (Lipinski definition) is 2. The smallest absolute Gasteiger partial charge is 0.165 e. The number of carbonyl (C=O) groups excluding carboxylic acids is 1. The van der Waals surface area contributed by atoms with E-state index in [1.54, 1.807) is 0 Å². The zero-order valence-electron chi connectivity index (χ0n) is 9.43. The first-order valence-corrected chi connectivity index (χ1v) is 5.67. The van der Waals surface area contributed by atoms with Gasteiger partial charge in [0.05, 0.1) is 12.2 Å². The van der Waals surface area contributed by atoms with E-state index in [1.807, 2.05) is 25.1 Å². The van der Waals surface area contributed by atoms with Gasteiger partial charge in [-0.3, -0.25) is 4.79 Å². The van der Waals surface area contributed by atoms with Crippen molar-refractivity contribution in [2.45, 2.75) is 25.9 Å². The Morgan fingerprint density at radius 3 is 2.75 bits per heavy atom. The molecule has 1 aromatic carbocycles. The van der Waals surface area contributed by atoms with Crippen LogP contribution in [0.3, 0.4) is 0 Å². The van der Waals surface area contributed by atoms with Crippen LogP contribution in [-0.4, -0.2) is 11.9 Å². The van der Waals surface area contributed by atoms with Gasteiger partial charge in [0, 0.05) is 6.08 Å². The van der Waals surface area contributed by atoms with Crippen molar-refractivity contribution >= 4 is 5.78 Å². The molecule has 0 unspecified atom stereocenters. The quantitative estimate of drug-likeness (QED) is 0.776. The van der Waals surface area contributed by atoms with Gasteiger partial charge in [-0.25, -0.2) is 0 Å². The van der Waals surface area contributed by atoms with Crippen LogP contribution < -0.4 is 0 Å². The van der Waals surface area contributed by atoms with Crippen molar-refractivity contribution in [3.05, 3.63) is 48.2 Å². The zero-order chi connectivity index (χ0) is 11.4. The van der Waals surface area contributed by atoms with Crippen molar-refractivity contribution in [1.82, 2.24) is 0 Å². The lowest BCUT2D eigenvalue weighted by molar-refractivity contribution is -0.123. The topological polar surface area (TPSA) is 26.3 Å². The molecule has 2 heteroatoms. The van der Waals surface area contributed by atoms with Crippen molar-refractivity contribution in [1.29, 1.82) is 0 Å². The molecule has 0 aliphatic carbocycles. The number of ketones is 1. The Labute approximate surface area is 95.9 Å². The molecule has 0 bridgehead atoms. The Balaban J connectivity index is 1.91. The minimum absolute atomic E-state index is 0.0197. The van der Waals surface area contributed by atoms with Gasteiger partial charge in [0.25, 0.3) is 0 Å². The molecule has 2 atom stereocenters. The third kappa shape index (κ3) is 2.51. The molecule has 0 aromatic heterocycles. The summed E-state index contributed by atoms with van der Waals surface area (Å²) in [7, 11) is 0. The normalized spacial score (nSPS) is 24.2. The van der Waals surface area contributed by atoms with Crippen LogP contribution >= 0.6 is 0 Å². The second kappa shape index (κ2) is 4.97. The summed E-state index contributed by atoms with van der Waals surface area (Å²) in [6, 6.07) is 10.3. The lowest BCUT2D eigenvalue weighted by atomic mass is 9.93. The van der Waals surface area contributed by atoms with Crippen molar-refractivity contribution < 1.29 is 9.53 Å². The first-order valence-electron chi connectivity index (χ1n) is 5.67. The molecule has 1 aromatic rings. The van der Waals surface area contributed by atoms with Crippen molar-refractivity contribution in [3.8, 4) is 0 Å². The average Bonchev–Trinajstić information content (AvgIpc) is 2.32. The number of hydrogen-bond donors (Lipinski definition) is 0. The van der Waals surface area contributed by atoms with Gasteiger partial charge in [0.2, 0.25) is 0 Å². The van der Waals surface area contributed by atoms with E-state index < -0.39 is 0 Å². The van der Waals surface area contributed by atoms with Crippen LogP contribution in [0.15, 0.2) is 42.7 Å². The van der Waals surface area contributed by atoms with Gasteiger partial charge in [-0.2, -0.15) is 0 Å². The highest BCUT2D eigenvalue weighted by Gasteiger charge is 2.25. The fourth-order valence-electron chi connectivity index (χ4n) is 1.93. The Morgan fingerprint density at radius 1 is 1.25 bits per heavy atom. The van der Waals surface area contributed by atoms with Crippen LogP contribution in [0.25, 0.3) is 0 Å². The SMILES string of the molecule is C[C@@H]1C(=O)C=CO[C@@H]1CCc1ccccc1. The van der Waals surface area contributed by atoms with E-state index in [4.69, 9.17) is 4.74 Å². The van der Waals surface area contributed by atoms with E-state index in [9.17, 15) is 4.79 Å². The molecule has 1 aliphatic rings. The molecule has 84 valence electrons. The van der Waals surface area contributed by atoms with Crippen LogP contribution in [0.5, 0.6) is 0 Å². The van der Waals surface area contributed by atoms with Crippen molar-refractivity contribution in [2.24, 2.45) is 5.92 Å². The summed E-state index contributed by atoms with van der Waals surface area (Å²) in [5, 5.41) is 0. The second-order valence-electron chi connectivity index (χ2n) is 4.19. The lowest BCUT2D eigenvalue weighted by Crippen LogP contribution is -2.29. The van der Waals surface area contributed by atoms with Crippen LogP contribution in [-0.2, 0) is 16.0 Å². The first kappa shape index (κ1) is 10.9. The van der Waals surface area contributed by atoms with Gasteiger partial charge in [-0.05, 0) is 18.4 Å². The summed E-state index contributed by atoms with van der Waals surface area (Å²) in [4.78, 5) is 11.4. The number of carbonyl (C=O) groups is 1. The number of benzene rings is 1. The Bertz CT molecular complexity index is 381. The zero-order valence-corrected chi connectivity index (χ0v) is 9.43. The summed E-state index contributed by atoms with van der Waals surface area (Å²) in [6.45, 7) is 1.93. The van der Waals surface area contributed by atoms with Gasteiger partial charge in [0.1, 0.15) is 6.10 Å². The Hall–Kier alpha value is -1.57. The minimum Gasteiger partial charge on any atom is -0.497 e. The van der Waals surface area contributed by atoms with Gasteiger partial charge < -0.3 is 4.74 Å². The van der Waals surface area contributed by atoms with Crippen molar-refractivity contribution in [3.63, 3.8) is 0 Å². The maximum absolute atomic E-state index is 11.4. The largest absolute Gasteiger partial charge is 0.497 e. The predicted octanol–water partition coefficient (Wildman–Crippen LogP) is 2.74. The molecule has 2 rings (SSSR count). The highest BCUT2D eigenvalue weighted by molar-refractivity contribution is 5.92. The molecule has 0 saturated carbocycles. The van der Waals surface area contributed by atoms with Crippen LogP contribution in [0.1, 0.15) is 18.9 Å². The average molecular weight is 216 g/mol. The van der Waals surface area contributed by atoms with Crippen LogP contribution in [0, 0.1) is 5.92 Å². The Kier molecular flexibility index (Phi) is 3.40. The maximum atomic E-state index is 11.4. The molecule has 0 amide bonds. The van der Waals surface area contributed by atoms with Gasteiger partial charge in [-0.1, -0.05) is 37.3 Å². The molecule has 2 nitrogen and oxygen atoms in total. The standard InChI is InChI=1S/C14H16O2/c1-11-13(15)9-10-16-14(11)8-7-12-5-3-2-4-6-12/h2-6,9-11,14H,7-8H2,1H3/t11-,14-/m1/s1. The molecular weight excluding hydrogens is 200 g/mol. The fraction of sp³-hybridized carbons (Fsp3) is 0.357. The van der Waals surface area contributed by atoms with Crippen LogP contribution in [0.2, 0.25) is 0 Å². The van der Waals surface area contributed by atoms with E-state index in [1.165, 1.54) is 17.9 Å². The number of ether oxygens (including phenoxy) is 1. The highest BCUT2D eigenvalue weighted by Crippen LogP contribution is 2.20. The molecule has 0 radical (unpaired) electrons. The summed E-state index contributed by atoms with van der Waals surface area (Å²) >= 11 is 0. The fourth-order valence-corrected chi connectivity index (χ4v) is 1.93.